The number of nitrogens with one attached hydrogen (secondary N) is 1. The van der Waals surface area contributed by atoms with Crippen molar-refractivity contribution >= 4 is 23.2 Å². The summed E-state index contributed by atoms with van der Waals surface area (Å²) in [5.41, 5.74) is 6.43. The van der Waals surface area contributed by atoms with Crippen molar-refractivity contribution in [1.29, 1.82) is 0 Å². The first-order valence-electron chi connectivity index (χ1n) is 6.98. The van der Waals surface area contributed by atoms with Gasteiger partial charge in [0.25, 0.3) is 0 Å². The van der Waals surface area contributed by atoms with Gasteiger partial charge in [-0.05, 0) is 37.0 Å². The van der Waals surface area contributed by atoms with Crippen LogP contribution in [0.15, 0.2) is 24.3 Å². The minimum absolute atomic E-state index is 0.271. The van der Waals surface area contributed by atoms with E-state index < -0.39 is 0 Å². The number of halogens is 1. The molecule has 3 N–H and O–H groups in total. The molecule has 1 aromatic rings. The molecule has 0 bridgehead atoms. The molecular weight excluding hydrogens is 260 g/mol. The first-order chi connectivity index (χ1) is 9.16. The molecule has 1 aliphatic rings. The summed E-state index contributed by atoms with van der Waals surface area (Å²) in [6, 6.07) is 7.14. The van der Waals surface area contributed by atoms with Crippen molar-refractivity contribution in [3.05, 3.63) is 29.3 Å². The van der Waals surface area contributed by atoms with Gasteiger partial charge in [0.15, 0.2) is 0 Å². The van der Waals surface area contributed by atoms with Crippen LogP contribution in [0.2, 0.25) is 5.02 Å². The molecule has 0 saturated heterocycles. The van der Waals surface area contributed by atoms with E-state index in [2.05, 4.69) is 5.32 Å². The quantitative estimate of drug-likeness (QED) is 0.829. The molecule has 104 valence electrons. The standard InChI is InChI=1S/C15H21ClN2O/c16-12-8-5-9-13(10-12)18-14(15(17)19)11-6-3-1-2-4-7-11/h5,8-11,14,18H,1-4,6-7H2,(H2,17,19). The van der Waals surface area contributed by atoms with E-state index in [4.69, 9.17) is 17.3 Å². The Labute approximate surface area is 119 Å². The highest BCUT2D eigenvalue weighted by atomic mass is 35.5. The lowest BCUT2D eigenvalue weighted by Crippen LogP contribution is -2.41. The molecular formula is C15H21ClN2O. The van der Waals surface area contributed by atoms with E-state index >= 15 is 0 Å². The molecule has 1 atom stereocenters. The summed E-state index contributed by atoms with van der Waals surface area (Å²) in [6.45, 7) is 0. The number of carbonyl (C=O) groups excluding carboxylic acids is 1. The molecule has 19 heavy (non-hydrogen) atoms. The fourth-order valence-corrected chi connectivity index (χ4v) is 3.01. The molecule has 0 spiro atoms. The van der Waals surface area contributed by atoms with Crippen LogP contribution in [0.3, 0.4) is 0 Å². The van der Waals surface area contributed by atoms with Gasteiger partial charge in [-0.15, -0.1) is 0 Å². The van der Waals surface area contributed by atoms with Gasteiger partial charge in [-0.2, -0.15) is 0 Å². The van der Waals surface area contributed by atoms with E-state index in [-0.39, 0.29) is 11.9 Å². The van der Waals surface area contributed by atoms with Crippen LogP contribution in [0.5, 0.6) is 0 Å². The van der Waals surface area contributed by atoms with Crippen LogP contribution in [0.25, 0.3) is 0 Å². The second-order valence-electron chi connectivity index (χ2n) is 5.29. The van der Waals surface area contributed by atoms with Crippen molar-refractivity contribution in [2.75, 3.05) is 5.32 Å². The summed E-state index contributed by atoms with van der Waals surface area (Å²) in [5.74, 6) is 0.0610. The van der Waals surface area contributed by atoms with Gasteiger partial charge in [-0.3, -0.25) is 4.79 Å². The van der Waals surface area contributed by atoms with E-state index in [0.29, 0.717) is 10.9 Å². The maximum atomic E-state index is 11.7. The number of amides is 1. The minimum atomic E-state index is -0.295. The topological polar surface area (TPSA) is 55.1 Å². The van der Waals surface area contributed by atoms with Gasteiger partial charge in [0, 0.05) is 10.7 Å². The lowest BCUT2D eigenvalue weighted by Gasteiger charge is -2.25. The lowest BCUT2D eigenvalue weighted by molar-refractivity contribution is -0.119. The number of benzene rings is 1. The highest BCUT2D eigenvalue weighted by molar-refractivity contribution is 6.30. The van der Waals surface area contributed by atoms with Crippen molar-refractivity contribution in [3.8, 4) is 0 Å². The molecule has 1 amide bonds. The second-order valence-corrected chi connectivity index (χ2v) is 5.72. The molecule has 0 aromatic heterocycles. The molecule has 2 rings (SSSR count). The molecule has 3 nitrogen and oxygen atoms in total. The number of hydrogen-bond acceptors (Lipinski definition) is 2. The highest BCUT2D eigenvalue weighted by Gasteiger charge is 2.27. The summed E-state index contributed by atoms with van der Waals surface area (Å²) in [4.78, 5) is 11.7. The Hall–Kier alpha value is -1.22. The zero-order chi connectivity index (χ0) is 13.7. The first-order valence-corrected chi connectivity index (χ1v) is 7.36. The van der Waals surface area contributed by atoms with E-state index in [1.165, 1.54) is 25.7 Å². The second kappa shape index (κ2) is 6.80. The van der Waals surface area contributed by atoms with Gasteiger partial charge in [0.1, 0.15) is 6.04 Å². The molecule has 1 unspecified atom stereocenters. The van der Waals surface area contributed by atoms with E-state index in [1.54, 1.807) is 0 Å². The number of carbonyl (C=O) groups is 1. The first kappa shape index (κ1) is 14.2. The van der Waals surface area contributed by atoms with Crippen molar-refractivity contribution < 1.29 is 4.79 Å². The zero-order valence-corrected chi connectivity index (χ0v) is 11.8. The number of hydrogen-bond donors (Lipinski definition) is 2. The van der Waals surface area contributed by atoms with Crippen LogP contribution in [-0.2, 0) is 4.79 Å². The minimum Gasteiger partial charge on any atom is -0.373 e. The molecule has 0 aliphatic heterocycles. The third-order valence-corrected chi connectivity index (χ3v) is 4.06. The molecule has 1 saturated carbocycles. The van der Waals surface area contributed by atoms with Crippen LogP contribution < -0.4 is 11.1 Å². The maximum absolute atomic E-state index is 11.7. The van der Waals surface area contributed by atoms with Gasteiger partial charge < -0.3 is 11.1 Å². The lowest BCUT2D eigenvalue weighted by atomic mass is 9.91. The average Bonchev–Trinajstić information content (AvgIpc) is 2.64. The van der Waals surface area contributed by atoms with Gasteiger partial charge in [-0.25, -0.2) is 0 Å². The van der Waals surface area contributed by atoms with Gasteiger partial charge in [-0.1, -0.05) is 43.4 Å². The Kier molecular flexibility index (Phi) is 5.08. The summed E-state index contributed by atoms with van der Waals surface area (Å²) < 4.78 is 0. The van der Waals surface area contributed by atoms with Crippen molar-refractivity contribution in [2.45, 2.75) is 44.6 Å². The number of rotatable bonds is 4. The largest absolute Gasteiger partial charge is 0.373 e. The molecule has 0 heterocycles. The Balaban J connectivity index is 2.09. The Morgan fingerprint density at radius 1 is 1.26 bits per heavy atom. The number of primary amides is 1. The number of nitrogens with two attached hydrogens (primary N) is 1. The monoisotopic (exact) mass is 280 g/mol. The highest BCUT2D eigenvalue weighted by Crippen LogP contribution is 2.27. The SMILES string of the molecule is NC(=O)C(Nc1cccc(Cl)c1)C1CCCCCC1. The molecule has 0 radical (unpaired) electrons. The van der Waals surface area contributed by atoms with Crippen LogP contribution in [0, 0.1) is 5.92 Å². The predicted molar refractivity (Wildman–Crippen MR) is 79.2 cm³/mol. The van der Waals surface area contributed by atoms with Crippen molar-refractivity contribution in [1.82, 2.24) is 0 Å². The fourth-order valence-electron chi connectivity index (χ4n) is 2.82. The average molecular weight is 281 g/mol. The maximum Gasteiger partial charge on any atom is 0.240 e. The normalized spacial score (nSPS) is 18.6. The third kappa shape index (κ3) is 4.13. The van der Waals surface area contributed by atoms with E-state index in [1.807, 2.05) is 24.3 Å². The van der Waals surface area contributed by atoms with Gasteiger partial charge in [0.05, 0.1) is 0 Å². The van der Waals surface area contributed by atoms with Crippen molar-refractivity contribution in [2.24, 2.45) is 11.7 Å². The van der Waals surface area contributed by atoms with Crippen LogP contribution >= 0.6 is 11.6 Å². The predicted octanol–water partition coefficient (Wildman–Crippen LogP) is 3.58. The summed E-state index contributed by atoms with van der Waals surface area (Å²) >= 11 is 5.96. The van der Waals surface area contributed by atoms with Crippen LogP contribution in [-0.4, -0.2) is 11.9 Å². The smallest absolute Gasteiger partial charge is 0.240 e. The van der Waals surface area contributed by atoms with Gasteiger partial charge in [0.2, 0.25) is 5.91 Å². The third-order valence-electron chi connectivity index (χ3n) is 3.82. The van der Waals surface area contributed by atoms with E-state index in [0.717, 1.165) is 18.5 Å². The molecule has 1 aromatic carbocycles. The Bertz CT molecular complexity index is 428. The number of anilines is 1. The Morgan fingerprint density at radius 3 is 2.53 bits per heavy atom. The zero-order valence-electron chi connectivity index (χ0n) is 11.1. The molecule has 4 heteroatoms. The summed E-state index contributed by atoms with van der Waals surface area (Å²) in [5, 5.41) is 3.92. The van der Waals surface area contributed by atoms with E-state index in [9.17, 15) is 4.79 Å². The van der Waals surface area contributed by atoms with Gasteiger partial charge >= 0.3 is 0 Å². The Morgan fingerprint density at radius 2 is 1.95 bits per heavy atom. The van der Waals surface area contributed by atoms with Crippen molar-refractivity contribution in [3.63, 3.8) is 0 Å². The van der Waals surface area contributed by atoms with Crippen LogP contribution in [0.4, 0.5) is 5.69 Å². The van der Waals surface area contributed by atoms with Crippen LogP contribution in [0.1, 0.15) is 38.5 Å². The summed E-state index contributed by atoms with van der Waals surface area (Å²) in [6.07, 6.45) is 7.04. The molecule has 1 fully saturated rings. The summed E-state index contributed by atoms with van der Waals surface area (Å²) in [7, 11) is 0. The fraction of sp³-hybridized carbons (Fsp3) is 0.533. The molecule has 1 aliphatic carbocycles.